The zero-order chi connectivity index (χ0) is 42.6. The molecule has 10 aromatic rings. The van der Waals surface area contributed by atoms with Gasteiger partial charge in [-0.05, 0) is 57.1 Å². The van der Waals surface area contributed by atoms with E-state index in [0.29, 0.717) is 17.5 Å². The van der Waals surface area contributed by atoms with Gasteiger partial charge < -0.3 is 4.42 Å². The van der Waals surface area contributed by atoms with Crippen molar-refractivity contribution in [3.8, 4) is 78.7 Å². The van der Waals surface area contributed by atoms with E-state index < -0.39 is 0 Å². The first-order chi connectivity index (χ1) is 30.1. The molecule has 0 aliphatic rings. The van der Waals surface area contributed by atoms with Crippen molar-refractivity contribution in [2.45, 2.75) is 0 Å². The standard InChI is InChI=1S/C51H40B7N3O/c52-40-37(47-38(41(53)43(40)55)39-42(54)44(56)45(57)46(58)48(39)62-47)35-24-34(29-14-8-3-9-15-29)25-36(26-35)51-60-49(32-20-16-30(17-21-32)27-10-4-1-5-11-27)59-50(61-51)33-22-18-31(19-23-33)28-12-6-2-7-13-28/h1-26H,52-58H2. The molecule has 8 aromatic carbocycles. The first kappa shape index (κ1) is 39.2. The van der Waals surface area contributed by atoms with Crippen LogP contribution < -0.4 is 38.2 Å². The van der Waals surface area contributed by atoms with Crippen molar-refractivity contribution in [3.05, 3.63) is 158 Å². The van der Waals surface area contributed by atoms with Crippen molar-refractivity contribution in [1.29, 1.82) is 0 Å². The van der Waals surface area contributed by atoms with E-state index in [2.05, 4.69) is 201 Å². The van der Waals surface area contributed by atoms with Gasteiger partial charge in [-0.2, -0.15) is 0 Å². The van der Waals surface area contributed by atoms with Crippen LogP contribution in [0.25, 0.3) is 101 Å². The molecule has 62 heavy (non-hydrogen) atoms. The third-order valence-electron chi connectivity index (χ3n) is 13.1. The van der Waals surface area contributed by atoms with Crippen LogP contribution in [0.5, 0.6) is 0 Å². The van der Waals surface area contributed by atoms with Crippen LogP contribution in [-0.2, 0) is 0 Å². The highest BCUT2D eigenvalue weighted by atomic mass is 16.3. The highest BCUT2D eigenvalue weighted by Gasteiger charge is 2.24. The van der Waals surface area contributed by atoms with Crippen molar-refractivity contribution in [2.75, 3.05) is 0 Å². The summed E-state index contributed by atoms with van der Waals surface area (Å²) in [6.07, 6.45) is 0. The predicted molar refractivity (Wildman–Crippen MR) is 282 cm³/mol. The maximum absolute atomic E-state index is 7.09. The molecule has 0 saturated carbocycles. The predicted octanol–water partition coefficient (Wildman–Crippen LogP) is 1.25. The monoisotopic (exact) mass is 787 g/mol. The van der Waals surface area contributed by atoms with Crippen molar-refractivity contribution in [1.82, 2.24) is 15.0 Å². The topological polar surface area (TPSA) is 51.8 Å². The quantitative estimate of drug-likeness (QED) is 0.229. The molecule has 0 aliphatic carbocycles. The molecule has 0 amide bonds. The molecule has 0 radical (unpaired) electrons. The van der Waals surface area contributed by atoms with E-state index >= 15 is 0 Å². The van der Waals surface area contributed by atoms with Crippen LogP contribution in [0.3, 0.4) is 0 Å². The number of fused-ring (bicyclic) bond motifs is 3. The van der Waals surface area contributed by atoms with E-state index in [1.54, 1.807) is 0 Å². The first-order valence-corrected chi connectivity index (χ1v) is 21.4. The minimum absolute atomic E-state index is 0.601. The smallest absolute Gasteiger partial charge is 0.164 e. The lowest BCUT2D eigenvalue weighted by atomic mass is 9.64. The van der Waals surface area contributed by atoms with Crippen LogP contribution in [-0.4, -0.2) is 69.9 Å². The summed E-state index contributed by atoms with van der Waals surface area (Å²) < 4.78 is 7.09. The van der Waals surface area contributed by atoms with E-state index in [1.165, 1.54) is 49.0 Å². The molecular weight excluding hydrogens is 746 g/mol. The molecule has 11 heteroatoms. The Hall–Kier alpha value is -6.98. The number of rotatable bonds is 7. The first-order valence-electron chi connectivity index (χ1n) is 21.4. The number of aromatic nitrogens is 3. The Labute approximate surface area is 369 Å². The van der Waals surface area contributed by atoms with Gasteiger partial charge in [0.2, 0.25) is 0 Å². The highest BCUT2D eigenvalue weighted by molar-refractivity contribution is 6.69. The lowest BCUT2D eigenvalue weighted by molar-refractivity contribution is 0.673. The maximum atomic E-state index is 7.09. The van der Waals surface area contributed by atoms with Gasteiger partial charge in [0.1, 0.15) is 66.1 Å². The zero-order valence-corrected chi connectivity index (χ0v) is 36.3. The van der Waals surface area contributed by atoms with E-state index in [-0.39, 0.29) is 0 Å². The Balaban J connectivity index is 1.21. The summed E-state index contributed by atoms with van der Waals surface area (Å²) in [5.74, 6) is 1.83. The molecule has 2 heterocycles. The van der Waals surface area contributed by atoms with E-state index in [1.807, 2.05) is 12.1 Å². The Bertz CT molecular complexity index is 3240. The summed E-state index contributed by atoms with van der Waals surface area (Å²) in [5.41, 5.74) is 22.3. The molecule has 0 aliphatic heterocycles. The molecular formula is C51H40B7N3O. The summed E-state index contributed by atoms with van der Waals surface area (Å²) in [4.78, 5) is 15.7. The highest BCUT2D eigenvalue weighted by Crippen LogP contribution is 2.37. The van der Waals surface area contributed by atoms with Crippen LogP contribution in [0.2, 0.25) is 0 Å². The largest absolute Gasteiger partial charge is 0.456 e. The normalized spacial score (nSPS) is 11.4. The SMILES string of the molecule is Bc1c(B)c(B)c2c(oc3c(-c4cc(-c5ccccc5)cc(-c5nc(-c6ccc(-c7ccccc7)cc6)nc(-c6ccc(-c7ccccc7)cc6)n5)c4)c(B)c(B)c(B)c32)c1B. The van der Waals surface area contributed by atoms with E-state index in [9.17, 15) is 0 Å². The average molecular weight is 787 g/mol. The third-order valence-corrected chi connectivity index (χ3v) is 13.1. The lowest BCUT2D eigenvalue weighted by Crippen LogP contribution is -2.47. The Morgan fingerprint density at radius 1 is 0.274 bits per heavy atom. The molecule has 0 spiro atoms. The van der Waals surface area contributed by atoms with Crippen LogP contribution in [0, 0.1) is 0 Å². The molecule has 286 valence electrons. The minimum Gasteiger partial charge on any atom is -0.456 e. The maximum Gasteiger partial charge on any atom is 0.164 e. The van der Waals surface area contributed by atoms with Gasteiger partial charge in [0.25, 0.3) is 0 Å². The summed E-state index contributed by atoms with van der Waals surface area (Å²) >= 11 is 0. The second-order valence-corrected chi connectivity index (χ2v) is 16.6. The summed E-state index contributed by atoms with van der Waals surface area (Å²) in [6.45, 7) is 0. The van der Waals surface area contributed by atoms with Gasteiger partial charge in [0.15, 0.2) is 17.5 Å². The Morgan fingerprint density at radius 2 is 0.613 bits per heavy atom. The minimum atomic E-state index is 0.601. The van der Waals surface area contributed by atoms with Gasteiger partial charge in [0.05, 0.1) is 0 Å². The molecule has 4 nitrogen and oxygen atoms in total. The lowest BCUT2D eigenvalue weighted by Gasteiger charge is -2.17. The fraction of sp³-hybridized carbons (Fsp3) is 0. The van der Waals surface area contributed by atoms with E-state index in [0.717, 1.165) is 72.4 Å². The van der Waals surface area contributed by atoms with Crippen LogP contribution in [0.1, 0.15) is 0 Å². The van der Waals surface area contributed by atoms with E-state index in [4.69, 9.17) is 19.4 Å². The summed E-state index contributed by atoms with van der Waals surface area (Å²) in [5, 5.41) is 2.40. The number of hydrogen-bond acceptors (Lipinski definition) is 4. The van der Waals surface area contributed by atoms with Gasteiger partial charge in [-0.3, -0.25) is 0 Å². The molecule has 0 N–H and O–H groups in total. The summed E-state index contributed by atoms with van der Waals surface area (Å²) in [6, 6.07) is 55.2. The second-order valence-electron chi connectivity index (χ2n) is 16.6. The number of hydrogen-bond donors (Lipinski definition) is 0. The summed E-state index contributed by atoms with van der Waals surface area (Å²) in [7, 11) is 15.6. The van der Waals surface area contributed by atoms with Crippen LogP contribution in [0.4, 0.5) is 0 Å². The van der Waals surface area contributed by atoms with Crippen molar-refractivity contribution in [2.24, 2.45) is 0 Å². The zero-order valence-electron chi connectivity index (χ0n) is 36.3. The van der Waals surface area contributed by atoms with Gasteiger partial charge in [-0.15, -0.1) is 5.46 Å². The molecule has 2 aromatic heterocycles. The Kier molecular flexibility index (Phi) is 9.99. The molecule has 0 atom stereocenters. The van der Waals surface area contributed by atoms with Gasteiger partial charge in [-0.25, -0.2) is 15.0 Å². The average Bonchev–Trinajstić information content (AvgIpc) is 3.73. The van der Waals surface area contributed by atoms with Crippen molar-refractivity contribution >= 4 is 115 Å². The fourth-order valence-corrected chi connectivity index (χ4v) is 9.03. The van der Waals surface area contributed by atoms with Crippen LogP contribution >= 0.6 is 0 Å². The van der Waals surface area contributed by atoms with Gasteiger partial charge >= 0.3 is 0 Å². The number of benzene rings is 8. The number of furan rings is 1. The Morgan fingerprint density at radius 3 is 1.10 bits per heavy atom. The third kappa shape index (κ3) is 6.82. The van der Waals surface area contributed by atoms with Gasteiger partial charge in [-0.1, -0.05) is 172 Å². The van der Waals surface area contributed by atoms with Crippen molar-refractivity contribution in [3.63, 3.8) is 0 Å². The van der Waals surface area contributed by atoms with Crippen LogP contribution in [0.15, 0.2) is 162 Å². The van der Waals surface area contributed by atoms with Gasteiger partial charge in [0, 0.05) is 33.0 Å². The second kappa shape index (κ2) is 15.8. The number of nitrogens with zero attached hydrogens (tertiary/aromatic N) is 3. The fourth-order valence-electron chi connectivity index (χ4n) is 9.03. The molecule has 0 bridgehead atoms. The van der Waals surface area contributed by atoms with Crippen molar-refractivity contribution < 1.29 is 4.42 Å². The molecule has 0 fully saturated rings. The molecule has 0 saturated heterocycles. The molecule has 10 rings (SSSR count). The molecule has 0 unspecified atom stereocenters.